The van der Waals surface area contributed by atoms with E-state index in [1.54, 1.807) is 0 Å². The highest BCUT2D eigenvalue weighted by molar-refractivity contribution is 5.50. The van der Waals surface area contributed by atoms with Crippen molar-refractivity contribution in [2.24, 2.45) is 11.3 Å². The SMILES string of the molecule is CC(C)[C@]1(O)CC[C@]2(CCN(c3ccc(C(C)(C)C)cc3)C2)CC1. The van der Waals surface area contributed by atoms with Crippen LogP contribution in [-0.2, 0) is 5.41 Å². The molecule has 134 valence electrons. The average Bonchev–Trinajstić information content (AvgIpc) is 2.94. The molecule has 1 aromatic carbocycles. The van der Waals surface area contributed by atoms with Crippen LogP contribution in [0.3, 0.4) is 0 Å². The molecule has 0 aromatic heterocycles. The van der Waals surface area contributed by atoms with Crippen molar-refractivity contribution in [3.63, 3.8) is 0 Å². The van der Waals surface area contributed by atoms with E-state index < -0.39 is 5.60 Å². The summed E-state index contributed by atoms with van der Waals surface area (Å²) in [4.78, 5) is 2.56. The molecule has 0 radical (unpaired) electrons. The van der Waals surface area contributed by atoms with Crippen molar-refractivity contribution >= 4 is 5.69 Å². The normalized spacial score (nSPS) is 31.2. The Morgan fingerprint density at radius 1 is 0.958 bits per heavy atom. The maximum absolute atomic E-state index is 10.8. The van der Waals surface area contributed by atoms with Crippen molar-refractivity contribution in [2.75, 3.05) is 18.0 Å². The molecule has 1 saturated carbocycles. The molecule has 1 heterocycles. The van der Waals surface area contributed by atoms with E-state index in [4.69, 9.17) is 0 Å². The van der Waals surface area contributed by atoms with Gasteiger partial charge in [0.2, 0.25) is 0 Å². The maximum atomic E-state index is 10.8. The molecular formula is C22H35NO. The van der Waals surface area contributed by atoms with E-state index in [0.717, 1.165) is 25.9 Å². The van der Waals surface area contributed by atoms with Gasteiger partial charge in [0.15, 0.2) is 0 Å². The standard InChI is InChI=1S/C22H35NO/c1-17(2)22(24)12-10-21(11-13-22)14-15-23(16-21)19-8-6-18(7-9-19)20(3,4)5/h6-9,17,24H,10-16H2,1-5H3/t21-,22+. The number of anilines is 1. The molecular weight excluding hydrogens is 294 g/mol. The largest absolute Gasteiger partial charge is 0.390 e. The van der Waals surface area contributed by atoms with E-state index in [1.807, 2.05) is 0 Å². The molecule has 0 atom stereocenters. The second-order valence-electron chi connectivity index (χ2n) is 9.73. The number of hydrogen-bond acceptors (Lipinski definition) is 2. The summed E-state index contributed by atoms with van der Waals surface area (Å²) in [5.41, 5.74) is 3.00. The molecule has 0 unspecified atom stereocenters. The van der Waals surface area contributed by atoms with Crippen LogP contribution in [0.1, 0.15) is 72.3 Å². The lowest BCUT2D eigenvalue weighted by molar-refractivity contribution is -0.0634. The van der Waals surface area contributed by atoms with Gasteiger partial charge in [-0.1, -0.05) is 46.8 Å². The second-order valence-corrected chi connectivity index (χ2v) is 9.73. The summed E-state index contributed by atoms with van der Waals surface area (Å²) in [5, 5.41) is 10.8. The smallest absolute Gasteiger partial charge is 0.0671 e. The van der Waals surface area contributed by atoms with E-state index in [1.165, 1.54) is 30.5 Å². The van der Waals surface area contributed by atoms with Gasteiger partial charge in [-0.05, 0) is 66.5 Å². The van der Waals surface area contributed by atoms with Crippen LogP contribution in [0, 0.1) is 11.3 Å². The number of aliphatic hydroxyl groups is 1. The first-order chi connectivity index (χ1) is 11.1. The fourth-order valence-corrected chi connectivity index (χ4v) is 4.53. The highest BCUT2D eigenvalue weighted by Crippen LogP contribution is 2.49. The molecule has 1 aliphatic carbocycles. The zero-order valence-electron chi connectivity index (χ0n) is 16.2. The quantitative estimate of drug-likeness (QED) is 0.812. The molecule has 2 aliphatic rings. The molecule has 1 aliphatic heterocycles. The van der Waals surface area contributed by atoms with Gasteiger partial charge in [-0.3, -0.25) is 0 Å². The van der Waals surface area contributed by atoms with Crippen molar-refractivity contribution in [3.8, 4) is 0 Å². The molecule has 2 heteroatoms. The summed E-state index contributed by atoms with van der Waals surface area (Å²) >= 11 is 0. The zero-order chi connectivity index (χ0) is 17.6. The summed E-state index contributed by atoms with van der Waals surface area (Å²) in [6, 6.07) is 9.18. The minimum absolute atomic E-state index is 0.218. The third kappa shape index (κ3) is 3.35. The minimum atomic E-state index is -0.424. The molecule has 24 heavy (non-hydrogen) atoms. The third-order valence-corrected chi connectivity index (χ3v) is 6.79. The van der Waals surface area contributed by atoms with Gasteiger partial charge >= 0.3 is 0 Å². The Labute approximate surface area is 148 Å². The Bertz CT molecular complexity index is 559. The average molecular weight is 330 g/mol. The van der Waals surface area contributed by atoms with Gasteiger partial charge in [-0.2, -0.15) is 0 Å². The maximum Gasteiger partial charge on any atom is 0.0671 e. The molecule has 0 amide bonds. The summed E-state index contributed by atoms with van der Waals surface area (Å²) in [7, 11) is 0. The second kappa shape index (κ2) is 6.05. The summed E-state index contributed by atoms with van der Waals surface area (Å²) in [6.07, 6.45) is 5.58. The van der Waals surface area contributed by atoms with E-state index in [2.05, 4.69) is 63.8 Å². The van der Waals surface area contributed by atoms with Crippen LogP contribution in [0.15, 0.2) is 24.3 Å². The van der Waals surface area contributed by atoms with Crippen LogP contribution >= 0.6 is 0 Å². The van der Waals surface area contributed by atoms with Crippen molar-refractivity contribution < 1.29 is 5.11 Å². The van der Waals surface area contributed by atoms with Crippen molar-refractivity contribution in [1.82, 2.24) is 0 Å². The van der Waals surface area contributed by atoms with Gasteiger partial charge in [0.05, 0.1) is 5.60 Å². The highest BCUT2D eigenvalue weighted by Gasteiger charge is 2.46. The lowest BCUT2D eigenvalue weighted by atomic mass is 9.65. The fraction of sp³-hybridized carbons (Fsp3) is 0.727. The zero-order valence-corrected chi connectivity index (χ0v) is 16.2. The van der Waals surface area contributed by atoms with Crippen LogP contribution < -0.4 is 4.90 Å². The van der Waals surface area contributed by atoms with E-state index in [9.17, 15) is 5.11 Å². The Balaban J connectivity index is 1.66. The molecule has 2 nitrogen and oxygen atoms in total. The number of nitrogens with zero attached hydrogens (tertiary/aromatic N) is 1. The van der Waals surface area contributed by atoms with E-state index in [0.29, 0.717) is 11.3 Å². The topological polar surface area (TPSA) is 23.5 Å². The first-order valence-corrected chi connectivity index (χ1v) is 9.72. The Kier molecular flexibility index (Phi) is 4.49. The number of hydrogen-bond donors (Lipinski definition) is 1. The van der Waals surface area contributed by atoms with Crippen LogP contribution in [0.5, 0.6) is 0 Å². The summed E-state index contributed by atoms with van der Waals surface area (Å²) < 4.78 is 0. The van der Waals surface area contributed by atoms with Gasteiger partial charge in [0.25, 0.3) is 0 Å². The molecule has 1 saturated heterocycles. The van der Waals surface area contributed by atoms with Crippen molar-refractivity contribution in [2.45, 2.75) is 77.7 Å². The third-order valence-electron chi connectivity index (χ3n) is 6.79. The fourth-order valence-electron chi connectivity index (χ4n) is 4.53. The van der Waals surface area contributed by atoms with E-state index in [-0.39, 0.29) is 5.41 Å². The Hall–Kier alpha value is -1.02. The Morgan fingerprint density at radius 2 is 1.54 bits per heavy atom. The van der Waals surface area contributed by atoms with Gasteiger partial charge < -0.3 is 10.0 Å². The van der Waals surface area contributed by atoms with Crippen LogP contribution in [0.4, 0.5) is 5.69 Å². The van der Waals surface area contributed by atoms with Crippen molar-refractivity contribution in [1.29, 1.82) is 0 Å². The van der Waals surface area contributed by atoms with Gasteiger partial charge in [-0.15, -0.1) is 0 Å². The summed E-state index contributed by atoms with van der Waals surface area (Å²) in [5.74, 6) is 0.372. The van der Waals surface area contributed by atoms with Crippen LogP contribution in [0.25, 0.3) is 0 Å². The lowest BCUT2D eigenvalue weighted by Gasteiger charge is -2.44. The molecule has 0 bridgehead atoms. The van der Waals surface area contributed by atoms with Crippen LogP contribution in [-0.4, -0.2) is 23.8 Å². The minimum Gasteiger partial charge on any atom is -0.390 e. The molecule has 2 fully saturated rings. The van der Waals surface area contributed by atoms with Gasteiger partial charge in [0, 0.05) is 18.8 Å². The van der Waals surface area contributed by atoms with Gasteiger partial charge in [-0.25, -0.2) is 0 Å². The molecule has 1 aromatic rings. The first kappa shape index (κ1) is 17.8. The molecule has 1 N–H and O–H groups in total. The Morgan fingerprint density at radius 3 is 2.04 bits per heavy atom. The summed E-state index contributed by atoms with van der Waals surface area (Å²) in [6.45, 7) is 13.5. The van der Waals surface area contributed by atoms with Crippen molar-refractivity contribution in [3.05, 3.63) is 29.8 Å². The predicted molar refractivity (Wildman–Crippen MR) is 103 cm³/mol. The monoisotopic (exact) mass is 329 g/mol. The highest BCUT2D eigenvalue weighted by atomic mass is 16.3. The van der Waals surface area contributed by atoms with Crippen LogP contribution in [0.2, 0.25) is 0 Å². The van der Waals surface area contributed by atoms with E-state index >= 15 is 0 Å². The lowest BCUT2D eigenvalue weighted by Crippen LogP contribution is -2.43. The molecule has 1 spiro atoms. The van der Waals surface area contributed by atoms with Gasteiger partial charge in [0.1, 0.15) is 0 Å². The number of benzene rings is 1. The predicted octanol–water partition coefficient (Wildman–Crippen LogP) is 5.14. The first-order valence-electron chi connectivity index (χ1n) is 9.72. The number of rotatable bonds is 2. The molecule has 3 rings (SSSR count).